The molecule has 15 heteroatoms. The van der Waals surface area contributed by atoms with Crippen molar-refractivity contribution in [2.45, 2.75) is 70.9 Å². The molecule has 3 N–H and O–H groups in total. The van der Waals surface area contributed by atoms with Gasteiger partial charge in [0.1, 0.15) is 29.2 Å². The summed E-state index contributed by atoms with van der Waals surface area (Å²) in [5, 5.41) is 7.69. The van der Waals surface area contributed by atoms with E-state index in [2.05, 4.69) is 16.0 Å². The number of alkyl halides is 3. The van der Waals surface area contributed by atoms with Gasteiger partial charge in [-0.1, -0.05) is 49.7 Å². The average molecular weight is 748 g/mol. The lowest BCUT2D eigenvalue weighted by Gasteiger charge is -2.27. The molecular formula is C37H41ClF3N3O8. The van der Waals surface area contributed by atoms with Crippen LogP contribution < -0.4 is 25.4 Å². The quantitative estimate of drug-likeness (QED) is 0.172. The van der Waals surface area contributed by atoms with Crippen molar-refractivity contribution in [3.05, 3.63) is 94.5 Å². The molecule has 0 radical (unpaired) electrons. The Bertz CT molecular complexity index is 1730. The second-order valence-electron chi connectivity index (χ2n) is 13.1. The minimum Gasteiger partial charge on any atom is -0.497 e. The first kappa shape index (κ1) is 41.3. The minimum absolute atomic E-state index is 0.104. The Hall–Kier alpha value is -5.11. The zero-order valence-electron chi connectivity index (χ0n) is 29.4. The molecule has 0 bridgehead atoms. The van der Waals surface area contributed by atoms with Crippen LogP contribution in [-0.4, -0.2) is 67.1 Å². The smallest absolute Gasteiger partial charge is 0.452 e. The summed E-state index contributed by atoms with van der Waals surface area (Å²) in [6.45, 7) is 7.47. The molecule has 52 heavy (non-hydrogen) atoms. The van der Waals surface area contributed by atoms with Gasteiger partial charge in [-0.05, 0) is 86.3 Å². The fourth-order valence-electron chi connectivity index (χ4n) is 4.85. The van der Waals surface area contributed by atoms with E-state index in [1.54, 1.807) is 45.0 Å². The predicted octanol–water partition coefficient (Wildman–Crippen LogP) is 5.54. The van der Waals surface area contributed by atoms with Crippen LogP contribution in [0.2, 0.25) is 5.02 Å². The molecule has 11 nitrogen and oxygen atoms in total. The lowest BCUT2D eigenvalue weighted by molar-refractivity contribution is -0.175. The molecule has 3 amide bonds. The van der Waals surface area contributed by atoms with Gasteiger partial charge in [-0.15, -0.1) is 0 Å². The van der Waals surface area contributed by atoms with Gasteiger partial charge in [0.05, 0.1) is 13.2 Å². The van der Waals surface area contributed by atoms with Crippen LogP contribution in [0.3, 0.4) is 0 Å². The van der Waals surface area contributed by atoms with Crippen LogP contribution in [0.5, 0.6) is 11.5 Å². The van der Waals surface area contributed by atoms with E-state index in [9.17, 15) is 37.1 Å². The SMILES string of the molecule is COc1ccc(C(NC(=O)C(Cc2cccc(Cl)c2)NC(=O)c2ccc(OCC(=O)OC(C)(C)C)cc2)C(=O)NC(C(=O)C(F)(F)F)C(C)C)cc1. The van der Waals surface area contributed by atoms with E-state index < -0.39 is 65.3 Å². The number of Topliss-reactive ketones (excluding diaryl/α,β-unsaturated/α-hetero) is 1. The highest BCUT2D eigenvalue weighted by molar-refractivity contribution is 6.30. The van der Waals surface area contributed by atoms with E-state index in [1.165, 1.54) is 69.5 Å². The Morgan fingerprint density at radius 1 is 0.808 bits per heavy atom. The molecule has 0 saturated carbocycles. The summed E-state index contributed by atoms with van der Waals surface area (Å²) in [5.74, 6) is -5.67. The van der Waals surface area contributed by atoms with E-state index in [0.29, 0.717) is 16.3 Å². The van der Waals surface area contributed by atoms with Gasteiger partial charge in [0.15, 0.2) is 6.61 Å². The maximum atomic E-state index is 14.0. The number of ether oxygens (including phenoxy) is 3. The van der Waals surface area contributed by atoms with Crippen molar-refractivity contribution in [3.63, 3.8) is 0 Å². The third kappa shape index (κ3) is 12.6. The van der Waals surface area contributed by atoms with E-state index in [4.69, 9.17) is 25.8 Å². The van der Waals surface area contributed by atoms with Crippen molar-refractivity contribution < 1.29 is 51.4 Å². The lowest BCUT2D eigenvalue weighted by Crippen LogP contribution is -2.55. The van der Waals surface area contributed by atoms with E-state index in [0.717, 1.165) is 0 Å². The molecule has 0 fully saturated rings. The number of amides is 3. The summed E-state index contributed by atoms with van der Waals surface area (Å²) in [6, 6.07) is 13.2. The van der Waals surface area contributed by atoms with Gasteiger partial charge in [0.25, 0.3) is 11.7 Å². The number of carbonyl (C=O) groups excluding carboxylic acids is 5. The summed E-state index contributed by atoms with van der Waals surface area (Å²) >= 11 is 6.16. The van der Waals surface area contributed by atoms with Crippen molar-refractivity contribution in [2.24, 2.45) is 5.92 Å². The standard InChI is InChI=1S/C37H41ClF3N3O8/c1-21(2)30(32(46)37(39,40)41)43-35(49)31(23-10-14-26(50-6)15-11-23)44-34(48)28(19-22-8-7-9-25(38)18-22)42-33(47)24-12-16-27(17-13-24)51-20-29(45)52-36(3,4)5/h7-18,21,28,30-31H,19-20H2,1-6H3,(H,42,47)(H,43,49)(H,44,48). The van der Waals surface area contributed by atoms with Gasteiger partial charge < -0.3 is 30.2 Å². The lowest BCUT2D eigenvalue weighted by atomic mass is 9.97. The number of carbonyl (C=O) groups is 5. The van der Waals surface area contributed by atoms with Crippen molar-refractivity contribution in [3.8, 4) is 11.5 Å². The van der Waals surface area contributed by atoms with Gasteiger partial charge in [-0.3, -0.25) is 19.2 Å². The number of methoxy groups -OCH3 is 1. The Labute approximate surface area is 304 Å². The van der Waals surface area contributed by atoms with Crippen molar-refractivity contribution in [1.29, 1.82) is 0 Å². The van der Waals surface area contributed by atoms with Gasteiger partial charge in [-0.2, -0.15) is 13.2 Å². The fraction of sp³-hybridized carbons (Fsp3) is 0.378. The maximum absolute atomic E-state index is 14.0. The molecule has 3 atom stereocenters. The van der Waals surface area contributed by atoms with Crippen molar-refractivity contribution >= 4 is 41.1 Å². The number of esters is 1. The first-order chi connectivity index (χ1) is 24.3. The molecule has 0 spiro atoms. The molecule has 0 aliphatic carbocycles. The summed E-state index contributed by atoms with van der Waals surface area (Å²) < 4.78 is 56.1. The molecule has 3 rings (SSSR count). The normalized spacial score (nSPS) is 13.3. The molecule has 280 valence electrons. The van der Waals surface area contributed by atoms with Crippen LogP contribution in [0.1, 0.15) is 62.1 Å². The number of halogens is 4. The minimum atomic E-state index is -5.23. The topological polar surface area (TPSA) is 149 Å². The molecule has 3 aromatic rings. The molecule has 0 aliphatic heterocycles. The number of hydrogen-bond donors (Lipinski definition) is 3. The molecule has 0 saturated heterocycles. The number of ketones is 1. The molecule has 0 aromatic heterocycles. The first-order valence-corrected chi connectivity index (χ1v) is 16.5. The zero-order valence-corrected chi connectivity index (χ0v) is 30.2. The van der Waals surface area contributed by atoms with Gasteiger partial charge in [0.2, 0.25) is 11.8 Å². The number of hydrogen-bond acceptors (Lipinski definition) is 8. The molecule has 3 aromatic carbocycles. The Balaban J connectivity index is 1.89. The van der Waals surface area contributed by atoms with Crippen LogP contribution in [0.25, 0.3) is 0 Å². The molecule has 0 aliphatic rings. The number of benzene rings is 3. The first-order valence-electron chi connectivity index (χ1n) is 16.1. The number of rotatable bonds is 15. The van der Waals surface area contributed by atoms with E-state index in [-0.39, 0.29) is 29.9 Å². The van der Waals surface area contributed by atoms with E-state index in [1.807, 2.05) is 0 Å². The van der Waals surface area contributed by atoms with Crippen LogP contribution in [0.15, 0.2) is 72.8 Å². The fourth-order valence-corrected chi connectivity index (χ4v) is 5.07. The maximum Gasteiger partial charge on any atom is 0.452 e. The highest BCUT2D eigenvalue weighted by Crippen LogP contribution is 2.24. The Kier molecular flexibility index (Phi) is 14.2. The third-order valence-corrected chi connectivity index (χ3v) is 7.60. The average Bonchev–Trinajstić information content (AvgIpc) is 3.06. The third-order valence-electron chi connectivity index (χ3n) is 7.37. The van der Waals surface area contributed by atoms with Gasteiger partial charge in [0, 0.05) is 17.0 Å². The second kappa shape index (κ2) is 17.9. The van der Waals surface area contributed by atoms with Crippen LogP contribution in [-0.2, 0) is 30.3 Å². The van der Waals surface area contributed by atoms with Crippen LogP contribution in [0.4, 0.5) is 13.2 Å². The van der Waals surface area contributed by atoms with Gasteiger partial charge in [-0.25, -0.2) is 4.79 Å². The van der Waals surface area contributed by atoms with Gasteiger partial charge >= 0.3 is 12.1 Å². The Morgan fingerprint density at radius 2 is 1.42 bits per heavy atom. The number of nitrogens with one attached hydrogen (secondary N) is 3. The summed E-state index contributed by atoms with van der Waals surface area (Å²) in [4.78, 5) is 65.2. The van der Waals surface area contributed by atoms with E-state index >= 15 is 0 Å². The Morgan fingerprint density at radius 3 is 1.96 bits per heavy atom. The van der Waals surface area contributed by atoms with Crippen LogP contribution >= 0.6 is 11.6 Å². The predicted molar refractivity (Wildman–Crippen MR) is 186 cm³/mol. The molecular weight excluding hydrogens is 707 g/mol. The largest absolute Gasteiger partial charge is 0.497 e. The highest BCUT2D eigenvalue weighted by atomic mass is 35.5. The summed E-state index contributed by atoms with van der Waals surface area (Å²) in [6.07, 6.45) is -5.33. The molecule has 0 heterocycles. The summed E-state index contributed by atoms with van der Waals surface area (Å²) in [7, 11) is 1.41. The van der Waals surface area contributed by atoms with Crippen molar-refractivity contribution in [1.82, 2.24) is 16.0 Å². The monoisotopic (exact) mass is 747 g/mol. The highest BCUT2D eigenvalue weighted by Gasteiger charge is 2.45. The zero-order chi connectivity index (χ0) is 38.8. The molecule has 3 unspecified atom stereocenters. The summed E-state index contributed by atoms with van der Waals surface area (Å²) in [5.41, 5.74) is 0.115. The van der Waals surface area contributed by atoms with Crippen molar-refractivity contribution in [2.75, 3.05) is 13.7 Å². The second-order valence-corrected chi connectivity index (χ2v) is 13.5. The van der Waals surface area contributed by atoms with Crippen LogP contribution in [0, 0.1) is 5.92 Å².